The van der Waals surface area contributed by atoms with Crippen molar-refractivity contribution in [2.45, 2.75) is 19.8 Å². The smallest absolute Gasteiger partial charge is 0.214 e. The van der Waals surface area contributed by atoms with Gasteiger partial charge in [-0.2, -0.15) is 0 Å². The lowest BCUT2D eigenvalue weighted by Crippen LogP contribution is -2.36. The van der Waals surface area contributed by atoms with Crippen molar-refractivity contribution in [3.63, 3.8) is 0 Å². The van der Waals surface area contributed by atoms with Crippen molar-refractivity contribution in [1.29, 1.82) is 0 Å². The first kappa shape index (κ1) is 13.1. The number of hydrogen-bond donors (Lipinski definition) is 1. The minimum atomic E-state index is 0.659. The Morgan fingerprint density at radius 3 is 2.94 bits per heavy atom. The molecule has 0 radical (unpaired) electrons. The van der Waals surface area contributed by atoms with E-state index >= 15 is 0 Å². The van der Waals surface area contributed by atoms with E-state index in [4.69, 9.17) is 4.74 Å². The quantitative estimate of drug-likeness (QED) is 0.868. The van der Waals surface area contributed by atoms with Gasteiger partial charge in [-0.15, -0.1) is 0 Å². The van der Waals surface area contributed by atoms with Crippen LogP contribution in [0.15, 0.2) is 18.3 Å². The predicted molar refractivity (Wildman–Crippen MR) is 74.1 cm³/mol. The van der Waals surface area contributed by atoms with E-state index in [2.05, 4.69) is 22.1 Å². The Balaban J connectivity index is 1.71. The van der Waals surface area contributed by atoms with Gasteiger partial charge in [0.15, 0.2) is 0 Å². The average molecular weight is 249 g/mol. The highest BCUT2D eigenvalue weighted by atomic mass is 16.5. The van der Waals surface area contributed by atoms with E-state index in [0.29, 0.717) is 5.88 Å². The Kier molecular flexibility index (Phi) is 4.81. The van der Waals surface area contributed by atoms with Crippen molar-refractivity contribution in [3.05, 3.63) is 18.3 Å². The van der Waals surface area contributed by atoms with Gasteiger partial charge in [-0.25, -0.2) is 4.98 Å². The summed E-state index contributed by atoms with van der Waals surface area (Å²) in [6.07, 6.45) is 4.44. The third-order valence-corrected chi connectivity index (χ3v) is 3.58. The molecular formula is C14H23N3O. The molecule has 1 N–H and O–H groups in total. The maximum absolute atomic E-state index is 5.10. The third-order valence-electron chi connectivity index (χ3n) is 3.58. The molecule has 0 aliphatic carbocycles. The number of piperidine rings is 1. The summed E-state index contributed by atoms with van der Waals surface area (Å²) in [4.78, 5) is 6.62. The molecule has 2 rings (SSSR count). The fourth-order valence-corrected chi connectivity index (χ4v) is 2.28. The molecule has 1 fully saturated rings. The van der Waals surface area contributed by atoms with Gasteiger partial charge in [0.2, 0.25) is 5.88 Å². The van der Waals surface area contributed by atoms with Gasteiger partial charge in [0, 0.05) is 31.0 Å². The molecule has 0 aromatic carbocycles. The van der Waals surface area contributed by atoms with E-state index in [0.717, 1.165) is 24.7 Å². The summed E-state index contributed by atoms with van der Waals surface area (Å²) in [7, 11) is 1.64. The largest absolute Gasteiger partial charge is 0.481 e. The van der Waals surface area contributed by atoms with Gasteiger partial charge in [-0.05, 0) is 37.9 Å². The standard InChI is InChI=1S/C14H23N3O/c1-12-4-8-17(9-5-12)10-7-15-13-3-6-16-14(11-13)18-2/h3,6,11-12H,4-5,7-10H2,1-2H3,(H,15,16). The average Bonchev–Trinajstić information content (AvgIpc) is 2.41. The summed E-state index contributed by atoms with van der Waals surface area (Å²) >= 11 is 0. The second-order valence-corrected chi connectivity index (χ2v) is 5.04. The van der Waals surface area contributed by atoms with Crippen LogP contribution in [-0.4, -0.2) is 43.2 Å². The number of nitrogens with one attached hydrogen (secondary N) is 1. The van der Waals surface area contributed by atoms with Crippen molar-refractivity contribution < 1.29 is 4.74 Å². The summed E-state index contributed by atoms with van der Waals surface area (Å²) < 4.78 is 5.10. The fraction of sp³-hybridized carbons (Fsp3) is 0.643. The lowest BCUT2D eigenvalue weighted by atomic mass is 9.99. The fourth-order valence-electron chi connectivity index (χ4n) is 2.28. The lowest BCUT2D eigenvalue weighted by Gasteiger charge is -2.30. The summed E-state index contributed by atoms with van der Waals surface area (Å²) in [5.41, 5.74) is 1.08. The van der Waals surface area contributed by atoms with Gasteiger partial charge in [-0.1, -0.05) is 6.92 Å². The van der Waals surface area contributed by atoms with E-state index in [1.54, 1.807) is 13.3 Å². The van der Waals surface area contributed by atoms with Crippen LogP contribution in [0.25, 0.3) is 0 Å². The maximum atomic E-state index is 5.10. The van der Waals surface area contributed by atoms with Crippen LogP contribution in [0.1, 0.15) is 19.8 Å². The van der Waals surface area contributed by atoms with E-state index < -0.39 is 0 Å². The van der Waals surface area contributed by atoms with Crippen molar-refractivity contribution in [3.8, 4) is 5.88 Å². The van der Waals surface area contributed by atoms with Crippen LogP contribution < -0.4 is 10.1 Å². The molecule has 0 spiro atoms. The number of rotatable bonds is 5. The Hall–Kier alpha value is -1.29. The molecule has 18 heavy (non-hydrogen) atoms. The summed E-state index contributed by atoms with van der Waals surface area (Å²) in [6, 6.07) is 3.90. The van der Waals surface area contributed by atoms with Gasteiger partial charge in [0.1, 0.15) is 0 Å². The predicted octanol–water partition coefficient (Wildman–Crippen LogP) is 2.23. The van der Waals surface area contributed by atoms with E-state index in [1.165, 1.54) is 25.9 Å². The summed E-state index contributed by atoms with van der Waals surface area (Å²) in [5, 5.41) is 3.42. The first-order chi connectivity index (χ1) is 8.78. The topological polar surface area (TPSA) is 37.4 Å². The van der Waals surface area contributed by atoms with E-state index in [-0.39, 0.29) is 0 Å². The van der Waals surface area contributed by atoms with Crippen LogP contribution in [0.3, 0.4) is 0 Å². The highest BCUT2D eigenvalue weighted by molar-refractivity contribution is 5.44. The van der Waals surface area contributed by atoms with Gasteiger partial charge >= 0.3 is 0 Å². The molecule has 4 nitrogen and oxygen atoms in total. The molecule has 0 atom stereocenters. The number of nitrogens with zero attached hydrogens (tertiary/aromatic N) is 2. The lowest BCUT2D eigenvalue weighted by molar-refractivity contribution is 0.199. The highest BCUT2D eigenvalue weighted by Gasteiger charge is 2.14. The molecule has 100 valence electrons. The molecule has 1 aliphatic heterocycles. The Labute approximate surface area is 109 Å². The first-order valence-electron chi connectivity index (χ1n) is 6.74. The van der Waals surface area contributed by atoms with Crippen LogP contribution in [0, 0.1) is 5.92 Å². The minimum absolute atomic E-state index is 0.659. The second kappa shape index (κ2) is 6.59. The number of ether oxygens (including phenoxy) is 1. The van der Waals surface area contributed by atoms with Crippen LogP contribution in [0.2, 0.25) is 0 Å². The van der Waals surface area contributed by atoms with Crippen molar-refractivity contribution in [1.82, 2.24) is 9.88 Å². The molecule has 1 aromatic rings. The zero-order valence-electron chi connectivity index (χ0n) is 11.4. The molecule has 0 amide bonds. The van der Waals surface area contributed by atoms with Crippen molar-refractivity contribution >= 4 is 5.69 Å². The zero-order valence-corrected chi connectivity index (χ0v) is 11.4. The molecule has 0 bridgehead atoms. The van der Waals surface area contributed by atoms with E-state index in [9.17, 15) is 0 Å². The minimum Gasteiger partial charge on any atom is -0.481 e. The van der Waals surface area contributed by atoms with Gasteiger partial charge in [-0.3, -0.25) is 0 Å². The Morgan fingerprint density at radius 2 is 2.22 bits per heavy atom. The van der Waals surface area contributed by atoms with Crippen LogP contribution in [-0.2, 0) is 0 Å². The van der Waals surface area contributed by atoms with Crippen LogP contribution in [0.4, 0.5) is 5.69 Å². The Morgan fingerprint density at radius 1 is 1.44 bits per heavy atom. The summed E-state index contributed by atoms with van der Waals surface area (Å²) in [6.45, 7) is 6.91. The SMILES string of the molecule is COc1cc(NCCN2CCC(C)CC2)ccn1. The number of hydrogen-bond acceptors (Lipinski definition) is 4. The van der Waals surface area contributed by atoms with Crippen molar-refractivity contribution in [2.75, 3.05) is 38.6 Å². The normalized spacial score (nSPS) is 17.7. The molecular weight excluding hydrogens is 226 g/mol. The number of likely N-dealkylation sites (tertiary alicyclic amines) is 1. The maximum Gasteiger partial charge on any atom is 0.214 e. The first-order valence-corrected chi connectivity index (χ1v) is 6.74. The second-order valence-electron chi connectivity index (χ2n) is 5.04. The van der Waals surface area contributed by atoms with E-state index in [1.807, 2.05) is 12.1 Å². The summed E-state index contributed by atoms with van der Waals surface area (Å²) in [5.74, 6) is 1.56. The molecule has 1 aromatic heterocycles. The zero-order chi connectivity index (χ0) is 12.8. The van der Waals surface area contributed by atoms with Crippen molar-refractivity contribution in [2.24, 2.45) is 5.92 Å². The molecule has 1 aliphatic rings. The van der Waals surface area contributed by atoms with Gasteiger partial charge in [0.25, 0.3) is 0 Å². The number of methoxy groups -OCH3 is 1. The van der Waals surface area contributed by atoms with Crippen LogP contribution in [0.5, 0.6) is 5.88 Å². The van der Waals surface area contributed by atoms with Gasteiger partial charge in [0.05, 0.1) is 7.11 Å². The molecule has 0 saturated carbocycles. The highest BCUT2D eigenvalue weighted by Crippen LogP contribution is 2.16. The molecule has 0 unspecified atom stereocenters. The monoisotopic (exact) mass is 249 g/mol. The number of aromatic nitrogens is 1. The number of anilines is 1. The molecule has 2 heterocycles. The third kappa shape index (κ3) is 3.88. The number of pyridine rings is 1. The van der Waals surface area contributed by atoms with Gasteiger partial charge < -0.3 is 15.0 Å². The molecule has 4 heteroatoms. The molecule has 1 saturated heterocycles. The Bertz CT molecular complexity index is 362. The van der Waals surface area contributed by atoms with Crippen LogP contribution >= 0.6 is 0 Å².